The third kappa shape index (κ3) is 4.29. The summed E-state index contributed by atoms with van der Waals surface area (Å²) in [4.78, 5) is 33.5. The molecule has 0 bridgehead atoms. The van der Waals surface area contributed by atoms with Crippen molar-refractivity contribution in [1.29, 1.82) is 0 Å². The second-order valence-corrected chi connectivity index (χ2v) is 5.83. The number of para-hydroxylation sites is 1. The number of rotatable bonds is 5. The molecule has 2 aromatic rings. The Morgan fingerprint density at radius 3 is 2.50 bits per heavy atom. The molecule has 0 saturated carbocycles. The Balaban J connectivity index is 1.84. The number of hydrogen-bond donors (Lipinski definition) is 2. The van der Waals surface area contributed by atoms with E-state index in [1.165, 1.54) is 5.38 Å². The zero-order chi connectivity index (χ0) is 17.7. The van der Waals surface area contributed by atoms with Crippen molar-refractivity contribution in [2.75, 3.05) is 6.61 Å². The first kappa shape index (κ1) is 17.4. The maximum atomic E-state index is 11.8. The highest BCUT2D eigenvalue weighted by atomic mass is 32.1. The highest BCUT2D eigenvalue weighted by Gasteiger charge is 2.15. The number of carbonyl (C=O) groups is 2. The number of hydrazine groups is 1. The van der Waals surface area contributed by atoms with Crippen LogP contribution in [0.2, 0.25) is 0 Å². The fraction of sp³-hybridized carbons (Fsp3) is 0.200. The lowest BCUT2D eigenvalue weighted by molar-refractivity contribution is -0.380. The van der Waals surface area contributed by atoms with Crippen molar-refractivity contribution >= 4 is 28.2 Å². The van der Waals surface area contributed by atoms with Gasteiger partial charge in [0.25, 0.3) is 11.8 Å². The lowest BCUT2D eigenvalue weighted by Gasteiger charge is -2.12. The van der Waals surface area contributed by atoms with Gasteiger partial charge in [-0.2, -0.15) is 0 Å². The Hall–Kier alpha value is -2.94. The number of amides is 2. The summed E-state index contributed by atoms with van der Waals surface area (Å²) in [6.07, 6.45) is 0. The van der Waals surface area contributed by atoms with E-state index >= 15 is 0 Å². The van der Waals surface area contributed by atoms with Crippen LogP contribution < -0.4 is 15.6 Å². The van der Waals surface area contributed by atoms with E-state index in [9.17, 15) is 19.7 Å². The first-order valence-corrected chi connectivity index (χ1v) is 7.77. The monoisotopic (exact) mass is 349 g/mol. The summed E-state index contributed by atoms with van der Waals surface area (Å²) in [7, 11) is 0. The van der Waals surface area contributed by atoms with Crippen molar-refractivity contribution in [3.05, 3.63) is 56.5 Å². The number of nitro groups is 1. The van der Waals surface area contributed by atoms with Gasteiger partial charge in [-0.25, -0.2) is 0 Å². The molecular weight excluding hydrogens is 334 g/mol. The minimum Gasteiger partial charge on any atom is -0.483 e. The SMILES string of the molecule is Cc1cccc(C)c1OCC(=O)NNC(=O)c1csc([N+](=O)[O-])c1. The van der Waals surface area contributed by atoms with Crippen LogP contribution in [0.4, 0.5) is 5.00 Å². The molecular formula is C15H15N3O5S. The van der Waals surface area contributed by atoms with Crippen LogP contribution in [0, 0.1) is 24.0 Å². The Kier molecular flexibility index (Phi) is 5.48. The van der Waals surface area contributed by atoms with Crippen molar-refractivity contribution in [1.82, 2.24) is 10.9 Å². The molecule has 1 heterocycles. The van der Waals surface area contributed by atoms with Gasteiger partial charge in [0.15, 0.2) is 6.61 Å². The zero-order valence-corrected chi connectivity index (χ0v) is 13.8. The van der Waals surface area contributed by atoms with Crippen LogP contribution >= 0.6 is 11.3 Å². The molecule has 0 unspecified atom stereocenters. The average molecular weight is 349 g/mol. The summed E-state index contributed by atoms with van der Waals surface area (Å²) in [6.45, 7) is 3.47. The molecule has 0 radical (unpaired) electrons. The number of aryl methyl sites for hydroxylation is 2. The van der Waals surface area contributed by atoms with E-state index in [2.05, 4.69) is 10.9 Å². The van der Waals surface area contributed by atoms with E-state index in [1.807, 2.05) is 32.0 Å². The maximum absolute atomic E-state index is 11.8. The first-order valence-electron chi connectivity index (χ1n) is 6.89. The van der Waals surface area contributed by atoms with Crippen molar-refractivity contribution < 1.29 is 19.2 Å². The van der Waals surface area contributed by atoms with Crippen LogP contribution in [0.3, 0.4) is 0 Å². The third-order valence-corrected chi connectivity index (χ3v) is 3.98. The molecule has 0 atom stereocenters. The van der Waals surface area contributed by atoms with Gasteiger partial charge in [-0.3, -0.25) is 30.6 Å². The van der Waals surface area contributed by atoms with Crippen LogP contribution in [0.5, 0.6) is 5.75 Å². The number of thiophene rings is 1. The van der Waals surface area contributed by atoms with Crippen LogP contribution in [-0.4, -0.2) is 23.3 Å². The topological polar surface area (TPSA) is 111 Å². The van der Waals surface area contributed by atoms with Crippen molar-refractivity contribution in [3.63, 3.8) is 0 Å². The Morgan fingerprint density at radius 1 is 1.25 bits per heavy atom. The normalized spacial score (nSPS) is 10.1. The van der Waals surface area contributed by atoms with Crippen LogP contribution in [0.15, 0.2) is 29.6 Å². The second-order valence-electron chi connectivity index (χ2n) is 4.94. The van der Waals surface area contributed by atoms with E-state index in [1.54, 1.807) is 0 Å². The molecule has 1 aromatic carbocycles. The molecule has 0 aliphatic carbocycles. The number of ether oxygens (including phenoxy) is 1. The van der Waals surface area contributed by atoms with E-state index in [0.29, 0.717) is 5.75 Å². The third-order valence-electron chi connectivity index (χ3n) is 3.10. The number of hydrogen-bond acceptors (Lipinski definition) is 6. The van der Waals surface area contributed by atoms with Crippen molar-refractivity contribution in [2.45, 2.75) is 13.8 Å². The Morgan fingerprint density at radius 2 is 1.92 bits per heavy atom. The van der Waals surface area contributed by atoms with Gasteiger partial charge in [-0.15, -0.1) is 0 Å². The minimum atomic E-state index is -0.639. The highest BCUT2D eigenvalue weighted by Crippen LogP contribution is 2.23. The molecule has 0 spiro atoms. The van der Waals surface area contributed by atoms with Crippen LogP contribution in [0.1, 0.15) is 21.5 Å². The van der Waals surface area contributed by atoms with Crippen LogP contribution in [0.25, 0.3) is 0 Å². The van der Waals surface area contributed by atoms with Gasteiger partial charge in [0.2, 0.25) is 0 Å². The summed E-state index contributed by atoms with van der Waals surface area (Å²) < 4.78 is 5.45. The first-order chi connectivity index (χ1) is 11.4. The van der Waals surface area contributed by atoms with Gasteiger partial charge >= 0.3 is 5.00 Å². The second kappa shape index (κ2) is 7.55. The number of benzene rings is 1. The predicted octanol–water partition coefficient (Wildman–Crippen LogP) is 2.11. The molecule has 0 fully saturated rings. The van der Waals surface area contributed by atoms with E-state index in [4.69, 9.17) is 4.74 Å². The Labute approximate surface area is 141 Å². The fourth-order valence-electron chi connectivity index (χ4n) is 1.94. The van der Waals surface area contributed by atoms with Gasteiger partial charge in [0.1, 0.15) is 5.75 Å². The Bertz CT molecular complexity index is 767. The van der Waals surface area contributed by atoms with Gasteiger partial charge < -0.3 is 4.74 Å². The van der Waals surface area contributed by atoms with Gasteiger partial charge in [-0.05, 0) is 25.0 Å². The van der Waals surface area contributed by atoms with Crippen molar-refractivity contribution in [2.24, 2.45) is 0 Å². The van der Waals surface area contributed by atoms with Gasteiger partial charge in [0, 0.05) is 11.4 Å². The summed E-state index contributed by atoms with van der Waals surface area (Å²) in [5.74, 6) is -0.567. The van der Waals surface area contributed by atoms with E-state index in [0.717, 1.165) is 28.5 Å². The lowest BCUT2D eigenvalue weighted by Crippen LogP contribution is -2.43. The number of nitrogens with one attached hydrogen (secondary N) is 2. The number of nitrogens with zero attached hydrogens (tertiary/aromatic N) is 1. The summed E-state index contributed by atoms with van der Waals surface area (Å²) in [5.41, 5.74) is 6.28. The molecule has 0 aliphatic heterocycles. The predicted molar refractivity (Wildman–Crippen MR) is 88.0 cm³/mol. The quantitative estimate of drug-likeness (QED) is 0.634. The molecule has 1 aromatic heterocycles. The standard InChI is InChI=1S/C15H15N3O5S/c1-9-4-3-5-10(2)14(9)23-7-12(19)16-17-15(20)11-6-13(18(21)22)24-8-11/h3-6,8H,7H2,1-2H3,(H,16,19)(H,17,20). The van der Waals surface area contributed by atoms with E-state index < -0.39 is 16.7 Å². The molecule has 2 amide bonds. The largest absolute Gasteiger partial charge is 0.483 e. The lowest BCUT2D eigenvalue weighted by atomic mass is 10.1. The van der Waals surface area contributed by atoms with Gasteiger partial charge in [0.05, 0.1) is 10.5 Å². The number of carbonyl (C=O) groups excluding carboxylic acids is 2. The molecule has 2 N–H and O–H groups in total. The maximum Gasteiger partial charge on any atom is 0.324 e. The zero-order valence-electron chi connectivity index (χ0n) is 13.0. The summed E-state index contributed by atoms with van der Waals surface area (Å²) in [6, 6.07) is 6.76. The minimum absolute atomic E-state index is 0.0997. The van der Waals surface area contributed by atoms with Gasteiger partial charge in [-0.1, -0.05) is 29.5 Å². The molecule has 2 rings (SSSR count). The molecule has 24 heavy (non-hydrogen) atoms. The van der Waals surface area contributed by atoms with Crippen molar-refractivity contribution in [3.8, 4) is 5.75 Å². The van der Waals surface area contributed by atoms with Crippen LogP contribution in [-0.2, 0) is 4.79 Å². The van der Waals surface area contributed by atoms with E-state index in [-0.39, 0.29) is 17.2 Å². The smallest absolute Gasteiger partial charge is 0.324 e. The molecule has 0 aliphatic rings. The fourth-order valence-corrected chi connectivity index (χ4v) is 2.64. The molecule has 9 heteroatoms. The highest BCUT2D eigenvalue weighted by molar-refractivity contribution is 7.13. The summed E-state index contributed by atoms with van der Waals surface area (Å²) >= 11 is 0.834. The molecule has 8 nitrogen and oxygen atoms in total. The average Bonchev–Trinajstić information content (AvgIpc) is 3.02. The molecule has 0 saturated heterocycles. The summed E-state index contributed by atoms with van der Waals surface area (Å²) in [5, 5.41) is 11.8. The molecule has 126 valence electrons.